The van der Waals surface area contributed by atoms with Crippen molar-refractivity contribution in [1.82, 2.24) is 5.32 Å². The number of hydrogen-bond acceptors (Lipinski definition) is 2. The summed E-state index contributed by atoms with van der Waals surface area (Å²) in [7, 11) is 5.98. The molecule has 0 spiro atoms. The molecule has 0 bridgehead atoms. The summed E-state index contributed by atoms with van der Waals surface area (Å²) in [6.07, 6.45) is 6.29. The van der Waals surface area contributed by atoms with Crippen molar-refractivity contribution in [3.8, 4) is 0 Å². The van der Waals surface area contributed by atoms with Crippen molar-refractivity contribution in [3.05, 3.63) is 0 Å². The van der Waals surface area contributed by atoms with Crippen molar-refractivity contribution >= 4 is 38.6 Å². The van der Waals surface area contributed by atoms with Gasteiger partial charge in [0, 0.05) is 11.4 Å². The summed E-state index contributed by atoms with van der Waals surface area (Å²) in [6, 6.07) is 0.476. The van der Waals surface area contributed by atoms with Crippen LogP contribution >= 0.6 is 24.8 Å². The van der Waals surface area contributed by atoms with E-state index in [4.69, 9.17) is 7.85 Å². The topological polar surface area (TPSA) is 49.3 Å². The zero-order chi connectivity index (χ0) is 12.0. The summed E-state index contributed by atoms with van der Waals surface area (Å²) in [5.41, 5.74) is 0. The maximum absolute atomic E-state index is 11.2. The molecule has 106 valence electrons. The van der Waals surface area contributed by atoms with E-state index < -0.39 is 11.3 Å². The molecule has 0 saturated carbocycles. The number of aliphatic carboxylic acids is 1. The van der Waals surface area contributed by atoms with Crippen molar-refractivity contribution in [1.29, 1.82) is 0 Å². The van der Waals surface area contributed by atoms with Gasteiger partial charge in [0.15, 0.2) is 0 Å². The molecule has 1 rings (SSSR count). The van der Waals surface area contributed by atoms with E-state index in [0.29, 0.717) is 18.9 Å². The van der Waals surface area contributed by atoms with Crippen molar-refractivity contribution in [2.24, 2.45) is 0 Å². The van der Waals surface area contributed by atoms with E-state index >= 15 is 0 Å². The SMILES string of the molecule is Cl.Cl.[B]C(CCCC)(CCC1CCCN1)C(=O)O. The van der Waals surface area contributed by atoms with Crippen LogP contribution in [0.4, 0.5) is 0 Å². The molecule has 18 heavy (non-hydrogen) atoms. The molecular weight excluding hydrogens is 272 g/mol. The first-order chi connectivity index (χ1) is 7.58. The van der Waals surface area contributed by atoms with Crippen LogP contribution in [0.15, 0.2) is 0 Å². The number of carboxylic acid groups (broad SMARTS) is 1. The third-order valence-electron chi connectivity index (χ3n) is 3.50. The van der Waals surface area contributed by atoms with E-state index in [2.05, 4.69) is 12.2 Å². The van der Waals surface area contributed by atoms with E-state index in [1.165, 1.54) is 6.42 Å². The standard InChI is InChI=1S/C12H22BNO2.2ClH/c1-2-3-7-12(13,11(15)16)8-6-10-5-4-9-14-10;;/h10,14H,2-9H2,1H3,(H,15,16);2*1H. The minimum atomic E-state index is -1.01. The molecule has 0 aromatic carbocycles. The fourth-order valence-corrected chi connectivity index (χ4v) is 2.27. The minimum absolute atomic E-state index is 0. The highest BCUT2D eigenvalue weighted by molar-refractivity contribution is 6.26. The Morgan fingerprint density at radius 2 is 2.11 bits per heavy atom. The maximum atomic E-state index is 11.2. The number of nitrogens with one attached hydrogen (secondary N) is 1. The number of carbonyl (C=O) groups is 1. The van der Waals surface area contributed by atoms with Crippen LogP contribution in [0.5, 0.6) is 0 Å². The van der Waals surface area contributed by atoms with Crippen LogP contribution in [0.3, 0.4) is 0 Å². The Morgan fingerprint density at radius 1 is 1.44 bits per heavy atom. The van der Waals surface area contributed by atoms with Crippen molar-refractivity contribution in [2.45, 2.75) is 63.2 Å². The molecular formula is C12H24BCl2NO2. The zero-order valence-electron chi connectivity index (χ0n) is 11.0. The fourth-order valence-electron chi connectivity index (χ4n) is 2.27. The quantitative estimate of drug-likeness (QED) is 0.710. The molecule has 6 heteroatoms. The highest BCUT2D eigenvalue weighted by atomic mass is 35.5. The lowest BCUT2D eigenvalue weighted by Gasteiger charge is -2.26. The van der Waals surface area contributed by atoms with Gasteiger partial charge in [0.05, 0.1) is 7.85 Å². The molecule has 2 N–H and O–H groups in total. The normalized spacial score (nSPS) is 21.5. The van der Waals surface area contributed by atoms with Gasteiger partial charge in [0.1, 0.15) is 0 Å². The molecule has 1 aliphatic rings. The molecule has 1 aliphatic heterocycles. The van der Waals surface area contributed by atoms with Crippen LogP contribution in [0.1, 0.15) is 51.9 Å². The lowest BCUT2D eigenvalue weighted by Crippen LogP contribution is -2.28. The van der Waals surface area contributed by atoms with Crippen LogP contribution in [0.25, 0.3) is 0 Å². The Kier molecular flexibility index (Phi) is 11.3. The molecule has 1 saturated heterocycles. The van der Waals surface area contributed by atoms with E-state index in [1.54, 1.807) is 0 Å². The lowest BCUT2D eigenvalue weighted by molar-refractivity contribution is -0.141. The number of rotatable bonds is 7. The highest BCUT2D eigenvalue weighted by Gasteiger charge is 2.32. The van der Waals surface area contributed by atoms with Gasteiger partial charge in [-0.25, -0.2) is 0 Å². The summed E-state index contributed by atoms with van der Waals surface area (Å²) in [6.45, 7) is 3.12. The summed E-state index contributed by atoms with van der Waals surface area (Å²) >= 11 is 0. The Labute approximate surface area is 124 Å². The van der Waals surface area contributed by atoms with Crippen molar-refractivity contribution in [3.63, 3.8) is 0 Å². The van der Waals surface area contributed by atoms with E-state index in [9.17, 15) is 9.90 Å². The molecule has 2 unspecified atom stereocenters. The Balaban J connectivity index is 0. The van der Waals surface area contributed by atoms with Crippen LogP contribution in [-0.4, -0.2) is 31.5 Å². The van der Waals surface area contributed by atoms with Crippen LogP contribution < -0.4 is 5.32 Å². The Hall–Kier alpha value is 0.0749. The van der Waals surface area contributed by atoms with Crippen molar-refractivity contribution in [2.75, 3.05) is 6.54 Å². The van der Waals surface area contributed by atoms with E-state index in [1.807, 2.05) is 0 Å². The number of unbranched alkanes of at least 4 members (excludes halogenated alkanes) is 1. The second-order valence-corrected chi connectivity index (χ2v) is 4.90. The largest absolute Gasteiger partial charge is 0.481 e. The average Bonchev–Trinajstić information content (AvgIpc) is 2.76. The van der Waals surface area contributed by atoms with Crippen LogP contribution in [-0.2, 0) is 4.79 Å². The predicted octanol–water partition coefficient (Wildman–Crippen LogP) is 2.96. The second-order valence-electron chi connectivity index (χ2n) is 4.90. The molecule has 3 nitrogen and oxygen atoms in total. The molecule has 0 amide bonds. The summed E-state index contributed by atoms with van der Waals surface area (Å²) in [4.78, 5) is 11.2. The second kappa shape index (κ2) is 9.93. The van der Waals surface area contributed by atoms with Gasteiger partial charge in [-0.3, -0.25) is 4.79 Å². The molecule has 2 atom stereocenters. The van der Waals surface area contributed by atoms with Crippen LogP contribution in [0.2, 0.25) is 5.31 Å². The van der Waals surface area contributed by atoms with Gasteiger partial charge in [0.25, 0.3) is 0 Å². The van der Waals surface area contributed by atoms with Crippen LogP contribution in [0, 0.1) is 0 Å². The fraction of sp³-hybridized carbons (Fsp3) is 0.917. The van der Waals surface area contributed by atoms with E-state index in [0.717, 1.165) is 32.2 Å². The van der Waals surface area contributed by atoms with Gasteiger partial charge < -0.3 is 10.4 Å². The summed E-state index contributed by atoms with van der Waals surface area (Å²) < 4.78 is 0. The smallest absolute Gasteiger partial charge is 0.300 e. The van der Waals surface area contributed by atoms with Gasteiger partial charge in [-0.15, -0.1) is 24.8 Å². The number of halogens is 2. The molecule has 1 heterocycles. The summed E-state index contributed by atoms with van der Waals surface area (Å²) in [5, 5.41) is 11.5. The molecule has 0 aliphatic carbocycles. The highest BCUT2D eigenvalue weighted by Crippen LogP contribution is 2.35. The molecule has 2 radical (unpaired) electrons. The maximum Gasteiger partial charge on any atom is 0.300 e. The predicted molar refractivity (Wildman–Crippen MR) is 80.4 cm³/mol. The van der Waals surface area contributed by atoms with Gasteiger partial charge >= 0.3 is 5.97 Å². The van der Waals surface area contributed by atoms with Gasteiger partial charge in [0.2, 0.25) is 0 Å². The number of hydrogen-bond donors (Lipinski definition) is 2. The third-order valence-corrected chi connectivity index (χ3v) is 3.50. The number of carboxylic acids is 1. The van der Waals surface area contributed by atoms with E-state index in [-0.39, 0.29) is 24.8 Å². The monoisotopic (exact) mass is 295 g/mol. The zero-order valence-corrected chi connectivity index (χ0v) is 12.6. The summed E-state index contributed by atoms with van der Waals surface area (Å²) in [5.74, 6) is -0.848. The van der Waals surface area contributed by atoms with Gasteiger partial charge in [-0.2, -0.15) is 0 Å². The first-order valence-electron chi connectivity index (χ1n) is 6.34. The molecule has 0 aromatic heterocycles. The first kappa shape index (κ1) is 20.4. The molecule has 1 fully saturated rings. The Bertz CT molecular complexity index is 238. The molecule has 0 aromatic rings. The van der Waals surface area contributed by atoms with Gasteiger partial charge in [-0.05, 0) is 38.6 Å². The first-order valence-corrected chi connectivity index (χ1v) is 6.34. The Morgan fingerprint density at radius 3 is 2.56 bits per heavy atom. The van der Waals surface area contributed by atoms with Gasteiger partial charge in [-0.1, -0.05) is 19.8 Å². The van der Waals surface area contributed by atoms with Crippen molar-refractivity contribution < 1.29 is 9.90 Å². The lowest BCUT2D eigenvalue weighted by atomic mass is 9.62. The third kappa shape index (κ3) is 6.30. The average molecular weight is 296 g/mol. The minimum Gasteiger partial charge on any atom is -0.481 e.